The fraction of sp³-hybridized carbons (Fsp3) is 0.222. The third kappa shape index (κ3) is 5.20. The normalized spacial score (nSPS) is 12.7. The van der Waals surface area contributed by atoms with Crippen LogP contribution in [0, 0.1) is 0 Å². The maximum atomic E-state index is 11.7. The topological polar surface area (TPSA) is 132 Å². The van der Waals surface area contributed by atoms with Crippen molar-refractivity contribution < 1.29 is 33.5 Å². The van der Waals surface area contributed by atoms with Gasteiger partial charge in [-0.15, -0.1) is 0 Å². The van der Waals surface area contributed by atoms with Gasteiger partial charge in [0.1, 0.15) is 0 Å². The predicted octanol–water partition coefficient (Wildman–Crippen LogP) is 1.24. The molecule has 0 aliphatic rings. The molecule has 1 rings (SSSR count). The van der Waals surface area contributed by atoms with Crippen molar-refractivity contribution in [1.29, 1.82) is 0 Å². The van der Waals surface area contributed by atoms with E-state index in [0.717, 1.165) is 0 Å². The van der Waals surface area contributed by atoms with Crippen LogP contribution in [0.2, 0.25) is 0 Å². The molecule has 0 spiro atoms. The van der Waals surface area contributed by atoms with Crippen molar-refractivity contribution in [2.75, 3.05) is 5.75 Å². The lowest BCUT2D eigenvalue weighted by atomic mass is 10.2. The number of hydrogen-bond acceptors (Lipinski definition) is 4. The molecule has 0 atom stereocenters. The second-order valence-electron chi connectivity index (χ2n) is 3.62. The molecule has 1 aromatic carbocycles. The summed E-state index contributed by atoms with van der Waals surface area (Å²) in [5, 5.41) is -2.68. The number of carbonyl (C=O) groups is 1. The maximum absolute atomic E-state index is 11.7. The van der Waals surface area contributed by atoms with Gasteiger partial charge in [0.25, 0.3) is 0 Å². The van der Waals surface area contributed by atoms with Gasteiger partial charge in [-0.05, 0) is 0 Å². The molecule has 0 aliphatic carbocycles. The van der Waals surface area contributed by atoms with Gasteiger partial charge in [0, 0.05) is 11.3 Å². The third-order valence-electron chi connectivity index (χ3n) is 2.15. The van der Waals surface area contributed by atoms with E-state index in [-0.39, 0.29) is 0 Å². The fourth-order valence-corrected chi connectivity index (χ4v) is 5.37. The molecule has 0 fully saturated rings. The monoisotopic (exact) mass is 326 g/mol. The van der Waals surface area contributed by atoms with Gasteiger partial charge in [-0.3, -0.25) is 13.9 Å². The minimum Gasteiger partial charge on any atom is -0.324 e. The first-order valence-electron chi connectivity index (χ1n) is 4.95. The summed E-state index contributed by atoms with van der Waals surface area (Å²) in [4.78, 5) is 47.2. The van der Waals surface area contributed by atoms with Crippen LogP contribution in [0.5, 0.6) is 0 Å². The molecule has 0 amide bonds. The lowest BCUT2D eigenvalue weighted by Crippen LogP contribution is -2.13. The van der Waals surface area contributed by atoms with E-state index in [1.165, 1.54) is 12.1 Å². The van der Waals surface area contributed by atoms with E-state index in [9.17, 15) is 13.9 Å². The molecule has 0 radical (unpaired) electrons. The van der Waals surface area contributed by atoms with E-state index in [1.54, 1.807) is 18.2 Å². The number of thioether (sulfide) groups is 1. The number of benzene rings is 1. The Morgan fingerprint density at radius 2 is 1.53 bits per heavy atom. The molecule has 0 bridgehead atoms. The maximum Gasteiger partial charge on any atom is 0.341 e. The lowest BCUT2D eigenvalue weighted by molar-refractivity contribution is 0.108. The highest BCUT2D eigenvalue weighted by atomic mass is 32.2. The molecule has 0 aliphatic heterocycles. The van der Waals surface area contributed by atoms with Crippen LogP contribution in [0.25, 0.3) is 0 Å². The molecule has 0 saturated heterocycles. The van der Waals surface area contributed by atoms with Gasteiger partial charge in [-0.1, -0.05) is 42.1 Å². The van der Waals surface area contributed by atoms with Crippen molar-refractivity contribution in [3.8, 4) is 0 Å². The number of rotatable bonds is 5. The summed E-state index contributed by atoms with van der Waals surface area (Å²) < 4.78 is 22.0. The average Bonchev–Trinajstić information content (AvgIpc) is 2.26. The molecule has 1 aromatic rings. The second-order valence-corrected chi connectivity index (χ2v) is 8.63. The zero-order chi connectivity index (χ0) is 14.7. The van der Waals surface area contributed by atoms with Crippen LogP contribution in [0.15, 0.2) is 30.3 Å². The molecule has 106 valence electrons. The standard InChI is InChI=1S/C9H12O7P2S/c10-9(7-4-2-1-3-5-7)19-6-8(17(11,12)13)18(14,15)16/h1-5,8H,6H2,(H2,11,12,13)(H2,14,15,16). The van der Waals surface area contributed by atoms with Crippen LogP contribution < -0.4 is 0 Å². The summed E-state index contributed by atoms with van der Waals surface area (Å²) >= 11 is 0.468. The minimum atomic E-state index is -4.98. The van der Waals surface area contributed by atoms with Crippen LogP contribution in [-0.4, -0.2) is 35.8 Å². The van der Waals surface area contributed by atoms with Crippen LogP contribution >= 0.6 is 27.0 Å². The molecular formula is C9H12O7P2S. The molecule has 19 heavy (non-hydrogen) atoms. The smallest absolute Gasteiger partial charge is 0.324 e. The highest BCUT2D eigenvalue weighted by molar-refractivity contribution is 8.14. The third-order valence-corrected chi connectivity index (χ3v) is 7.36. The van der Waals surface area contributed by atoms with Gasteiger partial charge in [0.2, 0.25) is 5.12 Å². The Kier molecular flexibility index (Phi) is 5.53. The van der Waals surface area contributed by atoms with Gasteiger partial charge in [0.15, 0.2) is 5.40 Å². The van der Waals surface area contributed by atoms with Gasteiger partial charge in [-0.25, -0.2) is 0 Å². The Hall–Kier alpha value is -0.460. The Labute approximate surface area is 113 Å². The summed E-state index contributed by atoms with van der Waals surface area (Å²) in [6.45, 7) is 0. The Balaban J connectivity index is 2.77. The van der Waals surface area contributed by atoms with Crippen LogP contribution in [0.4, 0.5) is 0 Å². The molecule has 4 N–H and O–H groups in total. The number of hydrogen-bond donors (Lipinski definition) is 4. The SMILES string of the molecule is O=C(SCC(P(=O)(O)O)P(=O)(O)O)c1ccccc1. The molecule has 0 saturated carbocycles. The molecule has 7 nitrogen and oxygen atoms in total. The highest BCUT2D eigenvalue weighted by Gasteiger charge is 2.43. The Morgan fingerprint density at radius 1 is 1.05 bits per heavy atom. The summed E-state index contributed by atoms with van der Waals surface area (Å²) in [6.07, 6.45) is 0. The summed E-state index contributed by atoms with van der Waals surface area (Å²) in [7, 11) is -9.96. The molecule has 0 heterocycles. The number of carbonyl (C=O) groups excluding carboxylic acids is 1. The first-order valence-corrected chi connectivity index (χ1v) is 9.30. The van der Waals surface area contributed by atoms with Crippen LogP contribution in [-0.2, 0) is 9.13 Å². The van der Waals surface area contributed by atoms with E-state index >= 15 is 0 Å². The van der Waals surface area contributed by atoms with Crippen molar-refractivity contribution in [3.63, 3.8) is 0 Å². The van der Waals surface area contributed by atoms with E-state index in [0.29, 0.717) is 17.3 Å². The van der Waals surface area contributed by atoms with Crippen LogP contribution in [0.3, 0.4) is 0 Å². The van der Waals surface area contributed by atoms with Gasteiger partial charge in [0.05, 0.1) is 0 Å². The quantitative estimate of drug-likeness (QED) is 0.594. The molecule has 10 heteroatoms. The van der Waals surface area contributed by atoms with E-state index in [2.05, 4.69) is 0 Å². The van der Waals surface area contributed by atoms with Crippen molar-refractivity contribution in [3.05, 3.63) is 35.9 Å². The minimum absolute atomic E-state index is 0.294. The predicted molar refractivity (Wildman–Crippen MR) is 71.1 cm³/mol. The summed E-state index contributed by atoms with van der Waals surface area (Å²) in [6, 6.07) is 7.91. The largest absolute Gasteiger partial charge is 0.341 e. The molecular weight excluding hydrogens is 314 g/mol. The Morgan fingerprint density at radius 3 is 1.95 bits per heavy atom. The first-order chi connectivity index (χ1) is 8.62. The molecule has 0 unspecified atom stereocenters. The van der Waals surface area contributed by atoms with Gasteiger partial charge >= 0.3 is 15.2 Å². The fourth-order valence-electron chi connectivity index (χ4n) is 1.20. The van der Waals surface area contributed by atoms with E-state index in [1.807, 2.05) is 0 Å². The van der Waals surface area contributed by atoms with E-state index in [4.69, 9.17) is 19.6 Å². The lowest BCUT2D eigenvalue weighted by Gasteiger charge is -2.18. The summed E-state index contributed by atoms with van der Waals surface area (Å²) in [5.41, 5.74) is 0.294. The van der Waals surface area contributed by atoms with Crippen molar-refractivity contribution >= 4 is 32.1 Å². The van der Waals surface area contributed by atoms with E-state index < -0.39 is 31.5 Å². The zero-order valence-electron chi connectivity index (χ0n) is 9.49. The second kappa shape index (κ2) is 6.33. The van der Waals surface area contributed by atoms with Crippen LogP contribution in [0.1, 0.15) is 10.4 Å². The Bertz CT molecular complexity index is 513. The van der Waals surface area contributed by atoms with Gasteiger partial charge < -0.3 is 19.6 Å². The van der Waals surface area contributed by atoms with Crippen molar-refractivity contribution in [1.82, 2.24) is 0 Å². The van der Waals surface area contributed by atoms with Gasteiger partial charge in [-0.2, -0.15) is 0 Å². The average molecular weight is 326 g/mol. The zero-order valence-corrected chi connectivity index (χ0v) is 12.1. The van der Waals surface area contributed by atoms with Crippen molar-refractivity contribution in [2.45, 2.75) is 5.40 Å². The first kappa shape index (κ1) is 16.6. The summed E-state index contributed by atoms with van der Waals surface area (Å²) in [5.74, 6) is -0.651. The van der Waals surface area contributed by atoms with Crippen molar-refractivity contribution in [2.24, 2.45) is 0 Å². The molecule has 0 aromatic heterocycles. The highest BCUT2D eigenvalue weighted by Crippen LogP contribution is 2.60.